The lowest BCUT2D eigenvalue weighted by atomic mass is 10.1. The van der Waals surface area contributed by atoms with Gasteiger partial charge in [0.25, 0.3) is 11.6 Å². The number of nitrogens with zero attached hydrogens (tertiary/aromatic N) is 2. The number of hydrogen-bond donors (Lipinski definition) is 0. The lowest BCUT2D eigenvalue weighted by molar-refractivity contribution is -0.385. The van der Waals surface area contributed by atoms with E-state index < -0.39 is 22.3 Å². The number of amides is 1. The molecule has 1 aromatic carbocycles. The first-order valence-electron chi connectivity index (χ1n) is 5.15. The number of carbonyl (C=O) groups is 1. The molecule has 0 radical (unpaired) electrons. The molecule has 0 heterocycles. The number of hydrogen-bond acceptors (Lipinski definition) is 3. The molecule has 0 bridgehead atoms. The van der Waals surface area contributed by atoms with Gasteiger partial charge in [-0.1, -0.05) is 0 Å². The number of alkyl halides is 1. The first kappa shape index (κ1) is 14.4. The van der Waals surface area contributed by atoms with Crippen molar-refractivity contribution in [1.29, 1.82) is 0 Å². The second-order valence-corrected chi connectivity index (χ2v) is 4.67. The fourth-order valence-electron chi connectivity index (χ4n) is 1.48. The van der Waals surface area contributed by atoms with Crippen molar-refractivity contribution in [2.75, 3.05) is 13.6 Å². The van der Waals surface area contributed by atoms with Crippen LogP contribution in [0.3, 0.4) is 0 Å². The summed E-state index contributed by atoms with van der Waals surface area (Å²) in [7, 11) is 1.50. The summed E-state index contributed by atoms with van der Waals surface area (Å²) in [6, 6.07) is 2.77. The van der Waals surface area contributed by atoms with Crippen LogP contribution in [0.4, 0.5) is 10.1 Å². The molecule has 1 unspecified atom stereocenters. The number of non-ortho nitro benzene ring substituents is 1. The zero-order chi connectivity index (χ0) is 13.9. The van der Waals surface area contributed by atoms with E-state index in [1.54, 1.807) is 6.92 Å². The number of benzene rings is 1. The van der Waals surface area contributed by atoms with E-state index in [9.17, 15) is 19.3 Å². The van der Waals surface area contributed by atoms with Gasteiger partial charge < -0.3 is 4.90 Å². The van der Waals surface area contributed by atoms with E-state index in [-0.39, 0.29) is 17.5 Å². The molecular formula is C11H12ClFN2O3. The topological polar surface area (TPSA) is 63.5 Å². The lowest BCUT2D eigenvalue weighted by Gasteiger charge is -2.18. The summed E-state index contributed by atoms with van der Waals surface area (Å²) in [6.45, 7) is 1.98. The summed E-state index contributed by atoms with van der Waals surface area (Å²) >= 11 is 5.74. The molecule has 1 rings (SSSR count). The summed E-state index contributed by atoms with van der Waals surface area (Å²) < 4.78 is 13.2. The summed E-state index contributed by atoms with van der Waals surface area (Å²) in [5.41, 5.74) is -0.521. The largest absolute Gasteiger partial charge is 0.340 e. The number of nitro benzene ring substituents is 1. The molecule has 1 aromatic rings. The smallest absolute Gasteiger partial charge is 0.273 e. The second kappa shape index (κ2) is 5.77. The van der Waals surface area contributed by atoms with Gasteiger partial charge >= 0.3 is 0 Å². The van der Waals surface area contributed by atoms with Gasteiger partial charge in [0, 0.05) is 30.6 Å². The molecule has 7 heteroatoms. The third-order valence-electron chi connectivity index (χ3n) is 2.21. The molecule has 0 spiro atoms. The lowest BCUT2D eigenvalue weighted by Crippen LogP contribution is -2.31. The Morgan fingerprint density at radius 3 is 2.67 bits per heavy atom. The first-order chi connectivity index (χ1) is 8.31. The van der Waals surface area contributed by atoms with Crippen LogP contribution in [0, 0.1) is 15.9 Å². The normalized spacial score (nSPS) is 12.0. The Morgan fingerprint density at radius 1 is 1.56 bits per heavy atom. The molecule has 0 aliphatic carbocycles. The molecule has 18 heavy (non-hydrogen) atoms. The van der Waals surface area contributed by atoms with Crippen molar-refractivity contribution in [3.05, 3.63) is 39.7 Å². The fourth-order valence-corrected chi connectivity index (χ4v) is 1.69. The number of rotatable bonds is 4. The third kappa shape index (κ3) is 3.66. The van der Waals surface area contributed by atoms with Crippen LogP contribution in [0.1, 0.15) is 17.3 Å². The Morgan fingerprint density at radius 2 is 2.17 bits per heavy atom. The Bertz CT molecular complexity index is 479. The summed E-state index contributed by atoms with van der Waals surface area (Å²) in [6.07, 6.45) is 0. The standard InChI is InChI=1S/C11H12ClFN2O3/c1-7(12)6-14(2)11(16)8-3-9(13)5-10(4-8)15(17)18/h3-5,7H,6H2,1-2H3. The zero-order valence-corrected chi connectivity index (χ0v) is 10.6. The van der Waals surface area contributed by atoms with Gasteiger partial charge in [0.1, 0.15) is 5.82 Å². The van der Waals surface area contributed by atoms with Crippen molar-refractivity contribution in [3.63, 3.8) is 0 Å². The highest BCUT2D eigenvalue weighted by Crippen LogP contribution is 2.17. The van der Waals surface area contributed by atoms with Crippen LogP contribution in [0.2, 0.25) is 0 Å². The highest BCUT2D eigenvalue weighted by molar-refractivity contribution is 6.20. The van der Waals surface area contributed by atoms with Gasteiger partial charge in [0.15, 0.2) is 0 Å². The zero-order valence-electron chi connectivity index (χ0n) is 9.89. The van der Waals surface area contributed by atoms with Crippen molar-refractivity contribution in [3.8, 4) is 0 Å². The van der Waals surface area contributed by atoms with Crippen LogP contribution in [0.25, 0.3) is 0 Å². The minimum absolute atomic E-state index is 0.0680. The maximum absolute atomic E-state index is 13.2. The molecule has 0 aromatic heterocycles. The molecule has 0 saturated heterocycles. The third-order valence-corrected chi connectivity index (χ3v) is 2.35. The highest BCUT2D eigenvalue weighted by Gasteiger charge is 2.18. The molecule has 0 N–H and O–H groups in total. The number of nitro groups is 1. The minimum atomic E-state index is -0.820. The van der Waals surface area contributed by atoms with E-state index in [4.69, 9.17) is 11.6 Å². The predicted octanol–water partition coefficient (Wildman–Crippen LogP) is 2.43. The van der Waals surface area contributed by atoms with Gasteiger partial charge in [-0.3, -0.25) is 14.9 Å². The summed E-state index contributed by atoms with van der Waals surface area (Å²) in [5.74, 6) is -1.33. The van der Waals surface area contributed by atoms with Crippen LogP contribution in [0.5, 0.6) is 0 Å². The van der Waals surface area contributed by atoms with Crippen LogP contribution in [-0.2, 0) is 0 Å². The van der Waals surface area contributed by atoms with Gasteiger partial charge in [-0.25, -0.2) is 4.39 Å². The van der Waals surface area contributed by atoms with Crippen molar-refractivity contribution < 1.29 is 14.1 Å². The minimum Gasteiger partial charge on any atom is -0.340 e. The predicted molar refractivity (Wildman–Crippen MR) is 65.3 cm³/mol. The van der Waals surface area contributed by atoms with Crippen molar-refractivity contribution >= 4 is 23.2 Å². The van der Waals surface area contributed by atoms with Gasteiger partial charge in [0.2, 0.25) is 0 Å². The SMILES string of the molecule is CC(Cl)CN(C)C(=O)c1cc(F)cc([N+](=O)[O-])c1. The van der Waals surface area contributed by atoms with E-state index in [0.717, 1.165) is 18.2 Å². The maximum atomic E-state index is 13.2. The Kier molecular flexibility index (Phi) is 4.61. The first-order valence-corrected chi connectivity index (χ1v) is 5.59. The molecule has 1 amide bonds. The van der Waals surface area contributed by atoms with E-state index >= 15 is 0 Å². The number of carbonyl (C=O) groups excluding carboxylic acids is 1. The van der Waals surface area contributed by atoms with E-state index in [1.807, 2.05) is 0 Å². The van der Waals surface area contributed by atoms with Gasteiger partial charge in [-0.15, -0.1) is 11.6 Å². The van der Waals surface area contributed by atoms with Gasteiger partial charge in [-0.2, -0.15) is 0 Å². The van der Waals surface area contributed by atoms with Crippen molar-refractivity contribution in [2.45, 2.75) is 12.3 Å². The van der Waals surface area contributed by atoms with Crippen LogP contribution in [0.15, 0.2) is 18.2 Å². The molecule has 0 saturated carbocycles. The molecule has 1 atom stereocenters. The molecular weight excluding hydrogens is 263 g/mol. The van der Waals surface area contributed by atoms with E-state index in [0.29, 0.717) is 0 Å². The Balaban J connectivity index is 3.02. The highest BCUT2D eigenvalue weighted by atomic mass is 35.5. The molecule has 98 valence electrons. The van der Waals surface area contributed by atoms with E-state index in [1.165, 1.54) is 11.9 Å². The quantitative estimate of drug-likeness (QED) is 0.481. The van der Waals surface area contributed by atoms with Crippen LogP contribution in [-0.4, -0.2) is 34.7 Å². The second-order valence-electron chi connectivity index (χ2n) is 3.92. The molecule has 5 nitrogen and oxygen atoms in total. The molecule has 0 fully saturated rings. The Labute approximate surface area is 108 Å². The van der Waals surface area contributed by atoms with Gasteiger partial charge in [-0.05, 0) is 13.0 Å². The fraction of sp³-hybridized carbons (Fsp3) is 0.364. The van der Waals surface area contributed by atoms with Gasteiger partial charge in [0.05, 0.1) is 11.0 Å². The average Bonchev–Trinajstić information content (AvgIpc) is 2.26. The summed E-state index contributed by atoms with van der Waals surface area (Å²) in [4.78, 5) is 23.0. The average molecular weight is 275 g/mol. The van der Waals surface area contributed by atoms with Crippen LogP contribution >= 0.6 is 11.6 Å². The van der Waals surface area contributed by atoms with Crippen molar-refractivity contribution in [2.24, 2.45) is 0 Å². The Hall–Kier alpha value is -1.69. The number of halogens is 2. The maximum Gasteiger partial charge on any atom is 0.273 e. The van der Waals surface area contributed by atoms with E-state index in [2.05, 4.69) is 0 Å². The monoisotopic (exact) mass is 274 g/mol. The van der Waals surface area contributed by atoms with Crippen LogP contribution < -0.4 is 0 Å². The molecule has 0 aliphatic rings. The summed E-state index contributed by atoms with van der Waals surface area (Å²) in [5, 5.41) is 10.3. The molecule has 0 aliphatic heterocycles. The van der Waals surface area contributed by atoms with Crippen molar-refractivity contribution in [1.82, 2.24) is 4.90 Å².